The molecule has 0 atom stereocenters. The first kappa shape index (κ1) is 11.7. The van der Waals surface area contributed by atoms with E-state index >= 15 is 0 Å². The number of rotatable bonds is 7. The minimum absolute atomic E-state index is 0.919. The Kier molecular flexibility index (Phi) is 8.64. The lowest BCUT2D eigenvalue weighted by Gasteiger charge is -2.07. The maximum atomic E-state index is 2.37. The summed E-state index contributed by atoms with van der Waals surface area (Å²) in [6.07, 6.45) is 12.6. The van der Waals surface area contributed by atoms with Gasteiger partial charge in [0.1, 0.15) is 0 Å². The van der Waals surface area contributed by atoms with Crippen molar-refractivity contribution < 1.29 is 0 Å². The second kappa shape index (κ2) is 8.83. The first-order valence-electron chi connectivity index (χ1n) is 5.50. The summed E-state index contributed by atoms with van der Waals surface area (Å²) in [5.41, 5.74) is 0. The van der Waals surface area contributed by atoms with Crippen molar-refractivity contribution in [3.05, 3.63) is 12.2 Å². The lowest BCUT2D eigenvalue weighted by Crippen LogP contribution is -1.93. The average molecular weight is 168 g/mol. The smallest absolute Gasteiger partial charge is 0.0322 e. The maximum absolute atomic E-state index is 2.37. The molecule has 0 unspecified atom stereocenters. The molecule has 0 aliphatic rings. The third-order valence-corrected chi connectivity index (χ3v) is 2.52. The van der Waals surface area contributed by atoms with Crippen molar-refractivity contribution in [2.75, 3.05) is 0 Å². The molecule has 0 saturated heterocycles. The van der Waals surface area contributed by atoms with Gasteiger partial charge in [0.15, 0.2) is 0 Å². The van der Waals surface area contributed by atoms with Crippen molar-refractivity contribution >= 4 is 0 Å². The van der Waals surface area contributed by atoms with Crippen molar-refractivity contribution in [3.8, 4) is 0 Å². The molecular weight excluding hydrogens is 144 g/mol. The topological polar surface area (TPSA) is 0 Å². The van der Waals surface area contributed by atoms with E-state index in [-0.39, 0.29) is 0 Å². The Morgan fingerprint density at radius 2 is 1.67 bits per heavy atom. The van der Waals surface area contributed by atoms with Crippen molar-refractivity contribution in [2.24, 2.45) is 5.92 Å². The van der Waals surface area contributed by atoms with Crippen LogP contribution in [0.25, 0.3) is 0 Å². The van der Waals surface area contributed by atoms with Gasteiger partial charge in [0.25, 0.3) is 0 Å². The predicted molar refractivity (Wildman–Crippen MR) is 57.4 cm³/mol. The van der Waals surface area contributed by atoms with Crippen LogP contribution in [0.3, 0.4) is 0 Å². The van der Waals surface area contributed by atoms with Crippen LogP contribution in [-0.4, -0.2) is 0 Å². The van der Waals surface area contributed by atoms with E-state index in [1.807, 2.05) is 0 Å². The largest absolute Gasteiger partial charge is 0.0885 e. The Balaban J connectivity index is 3.31. The Bertz CT molecular complexity index is 98.6. The predicted octanol–water partition coefficient (Wildman–Crippen LogP) is 4.56. The molecule has 0 spiro atoms. The minimum atomic E-state index is 0.919. The fraction of sp³-hybridized carbons (Fsp3) is 0.833. The average Bonchev–Trinajstić information content (AvgIpc) is 2.11. The zero-order valence-corrected chi connectivity index (χ0v) is 8.97. The zero-order valence-electron chi connectivity index (χ0n) is 8.97. The summed E-state index contributed by atoms with van der Waals surface area (Å²) in [4.78, 5) is 0. The second-order valence-electron chi connectivity index (χ2n) is 3.53. The molecule has 0 aromatic heterocycles. The Hall–Kier alpha value is -0.260. The Morgan fingerprint density at radius 3 is 2.17 bits per heavy atom. The van der Waals surface area contributed by atoms with Crippen LogP contribution in [0.15, 0.2) is 12.2 Å². The van der Waals surface area contributed by atoms with Gasteiger partial charge in [-0.15, -0.1) is 0 Å². The van der Waals surface area contributed by atoms with Crippen molar-refractivity contribution in [1.29, 1.82) is 0 Å². The van der Waals surface area contributed by atoms with E-state index in [4.69, 9.17) is 0 Å². The molecule has 0 rings (SSSR count). The Morgan fingerprint density at radius 1 is 1.00 bits per heavy atom. The second-order valence-corrected chi connectivity index (χ2v) is 3.53. The van der Waals surface area contributed by atoms with Gasteiger partial charge in [-0.2, -0.15) is 0 Å². The quantitative estimate of drug-likeness (QED) is 0.386. The van der Waals surface area contributed by atoms with Crippen LogP contribution in [-0.2, 0) is 0 Å². The van der Waals surface area contributed by atoms with Crippen LogP contribution in [0.4, 0.5) is 0 Å². The van der Waals surface area contributed by atoms with E-state index in [2.05, 4.69) is 32.9 Å². The van der Waals surface area contributed by atoms with Crippen LogP contribution in [0.2, 0.25) is 0 Å². The van der Waals surface area contributed by atoms with Crippen LogP contribution < -0.4 is 0 Å². The van der Waals surface area contributed by atoms with Gasteiger partial charge >= 0.3 is 0 Å². The number of hydrogen-bond acceptors (Lipinski definition) is 0. The molecule has 0 nitrogen and oxygen atoms in total. The van der Waals surface area contributed by atoms with Gasteiger partial charge in [0, 0.05) is 0 Å². The summed E-state index contributed by atoms with van der Waals surface area (Å²) < 4.78 is 0. The third-order valence-electron chi connectivity index (χ3n) is 2.52. The fourth-order valence-electron chi connectivity index (χ4n) is 1.35. The zero-order chi connectivity index (χ0) is 9.23. The van der Waals surface area contributed by atoms with E-state index in [9.17, 15) is 0 Å². The molecule has 0 bridgehead atoms. The summed E-state index contributed by atoms with van der Waals surface area (Å²) in [5.74, 6) is 0.919. The van der Waals surface area contributed by atoms with E-state index in [1.165, 1.54) is 38.5 Å². The molecule has 0 heterocycles. The lowest BCUT2D eigenvalue weighted by molar-refractivity contribution is 0.499. The SMILES string of the molecule is CCCC/C=C/CC(CC)CC. The first-order valence-corrected chi connectivity index (χ1v) is 5.50. The Labute approximate surface area is 78.1 Å². The summed E-state index contributed by atoms with van der Waals surface area (Å²) in [6, 6.07) is 0. The highest BCUT2D eigenvalue weighted by atomic mass is 14.0. The van der Waals surface area contributed by atoms with Crippen LogP contribution in [0.1, 0.15) is 59.3 Å². The summed E-state index contributed by atoms with van der Waals surface area (Å²) in [5, 5.41) is 0. The van der Waals surface area contributed by atoms with Gasteiger partial charge < -0.3 is 0 Å². The molecule has 0 amide bonds. The normalized spacial score (nSPS) is 11.7. The molecule has 0 fully saturated rings. The molecule has 0 aromatic rings. The maximum Gasteiger partial charge on any atom is -0.0322 e. The molecule has 12 heavy (non-hydrogen) atoms. The molecule has 0 aromatic carbocycles. The van der Waals surface area contributed by atoms with Gasteiger partial charge in [-0.05, 0) is 18.8 Å². The summed E-state index contributed by atoms with van der Waals surface area (Å²) in [7, 11) is 0. The fourth-order valence-corrected chi connectivity index (χ4v) is 1.35. The minimum Gasteiger partial charge on any atom is -0.0885 e. The van der Waals surface area contributed by atoms with E-state index in [0.717, 1.165) is 5.92 Å². The summed E-state index contributed by atoms with van der Waals surface area (Å²) >= 11 is 0. The van der Waals surface area contributed by atoms with Crippen LogP contribution in [0.5, 0.6) is 0 Å². The van der Waals surface area contributed by atoms with Gasteiger partial charge in [0.2, 0.25) is 0 Å². The van der Waals surface area contributed by atoms with Crippen molar-refractivity contribution in [2.45, 2.75) is 59.3 Å². The van der Waals surface area contributed by atoms with Gasteiger partial charge in [-0.3, -0.25) is 0 Å². The van der Waals surface area contributed by atoms with Gasteiger partial charge in [-0.25, -0.2) is 0 Å². The van der Waals surface area contributed by atoms with Crippen LogP contribution >= 0.6 is 0 Å². The highest BCUT2D eigenvalue weighted by Gasteiger charge is 1.98. The highest BCUT2D eigenvalue weighted by molar-refractivity contribution is 4.83. The molecular formula is C12H24. The molecule has 0 aliphatic heterocycles. The van der Waals surface area contributed by atoms with Crippen LogP contribution in [0, 0.1) is 5.92 Å². The molecule has 0 radical (unpaired) electrons. The van der Waals surface area contributed by atoms with E-state index in [0.29, 0.717) is 0 Å². The van der Waals surface area contributed by atoms with E-state index in [1.54, 1.807) is 0 Å². The first-order chi connectivity index (χ1) is 5.85. The third kappa shape index (κ3) is 6.45. The monoisotopic (exact) mass is 168 g/mol. The number of unbranched alkanes of at least 4 members (excludes halogenated alkanes) is 2. The lowest BCUT2D eigenvalue weighted by atomic mass is 9.99. The molecule has 0 saturated carbocycles. The van der Waals surface area contributed by atoms with Gasteiger partial charge in [0.05, 0.1) is 0 Å². The molecule has 72 valence electrons. The van der Waals surface area contributed by atoms with Crippen molar-refractivity contribution in [1.82, 2.24) is 0 Å². The number of hydrogen-bond donors (Lipinski definition) is 0. The summed E-state index contributed by atoms with van der Waals surface area (Å²) in [6.45, 7) is 6.82. The highest BCUT2D eigenvalue weighted by Crippen LogP contribution is 2.13. The van der Waals surface area contributed by atoms with Crippen molar-refractivity contribution in [3.63, 3.8) is 0 Å². The standard InChI is InChI=1S/C12H24/c1-4-7-8-9-10-11-12(5-2)6-3/h9-10,12H,4-8,11H2,1-3H3/b10-9+. The van der Waals surface area contributed by atoms with Gasteiger partial charge in [-0.1, -0.05) is 58.6 Å². The molecule has 0 heteroatoms. The molecule has 0 aliphatic carbocycles. The number of allylic oxidation sites excluding steroid dienone is 2. The van der Waals surface area contributed by atoms with E-state index < -0.39 is 0 Å². The molecule has 0 N–H and O–H groups in total.